The van der Waals surface area contributed by atoms with E-state index in [1.807, 2.05) is 6.07 Å². The molecule has 0 amide bonds. The predicted molar refractivity (Wildman–Crippen MR) is 112 cm³/mol. The van der Waals surface area contributed by atoms with Gasteiger partial charge in [0.05, 0.1) is 34.0 Å². The number of aromatic nitrogens is 1. The van der Waals surface area contributed by atoms with Crippen molar-refractivity contribution in [3.8, 4) is 28.4 Å². The summed E-state index contributed by atoms with van der Waals surface area (Å²) in [5.41, 5.74) is 8.73. The van der Waals surface area contributed by atoms with Crippen molar-refractivity contribution in [1.82, 2.24) is 4.98 Å². The van der Waals surface area contributed by atoms with E-state index in [0.29, 0.717) is 46.9 Å². The summed E-state index contributed by atoms with van der Waals surface area (Å²) in [6.07, 6.45) is 1.49. The molecule has 0 saturated heterocycles. The second-order valence-electron chi connectivity index (χ2n) is 7.19. The number of aliphatic hydroxyl groups excluding tert-OH is 1. The van der Waals surface area contributed by atoms with Crippen molar-refractivity contribution in [2.45, 2.75) is 32.3 Å². The van der Waals surface area contributed by atoms with Gasteiger partial charge in [-0.15, -0.1) is 0 Å². The first-order valence-electron chi connectivity index (χ1n) is 10.1. The quantitative estimate of drug-likeness (QED) is 0.508. The number of aliphatic hydroxyl groups is 1. The summed E-state index contributed by atoms with van der Waals surface area (Å²) in [4.78, 5) is 15.9. The third kappa shape index (κ3) is 3.97. The molecule has 1 aromatic carbocycles. The molecule has 0 bridgehead atoms. The lowest BCUT2D eigenvalue weighted by Gasteiger charge is -2.19. The van der Waals surface area contributed by atoms with Crippen molar-refractivity contribution in [3.05, 3.63) is 29.1 Å². The Bertz CT molecular complexity index is 904. The van der Waals surface area contributed by atoms with Gasteiger partial charge >= 0.3 is 5.97 Å². The minimum absolute atomic E-state index is 0.101. The summed E-state index contributed by atoms with van der Waals surface area (Å²) < 4.78 is 21.9. The Morgan fingerprint density at radius 1 is 1.20 bits per heavy atom. The fourth-order valence-corrected chi connectivity index (χ4v) is 3.81. The van der Waals surface area contributed by atoms with Crippen LogP contribution in [0.5, 0.6) is 17.2 Å². The molecule has 3 rings (SSSR count). The summed E-state index contributed by atoms with van der Waals surface area (Å²) >= 11 is 0. The Balaban J connectivity index is 2.31. The molecular formula is C22H30N2O6. The van der Waals surface area contributed by atoms with Gasteiger partial charge in [0.25, 0.3) is 0 Å². The molecule has 8 heteroatoms. The van der Waals surface area contributed by atoms with Gasteiger partial charge in [-0.3, -0.25) is 0 Å². The van der Waals surface area contributed by atoms with Crippen molar-refractivity contribution in [2.24, 2.45) is 11.7 Å². The predicted octanol–water partition coefficient (Wildman–Crippen LogP) is 2.83. The molecule has 1 aromatic heterocycles. The molecule has 2 aromatic rings. The van der Waals surface area contributed by atoms with Crippen molar-refractivity contribution in [3.63, 3.8) is 0 Å². The highest BCUT2D eigenvalue weighted by atomic mass is 16.5. The highest BCUT2D eigenvalue weighted by Gasteiger charge is 2.38. The average molecular weight is 418 g/mol. The summed E-state index contributed by atoms with van der Waals surface area (Å²) in [5, 5.41) is 11.1. The lowest BCUT2D eigenvalue weighted by atomic mass is 9.92. The number of esters is 1. The minimum atomic E-state index is -0.806. The first-order chi connectivity index (χ1) is 14.5. The number of nitrogens with two attached hydrogens (primary N) is 1. The van der Waals surface area contributed by atoms with Crippen LogP contribution < -0.4 is 19.9 Å². The number of benzene rings is 1. The van der Waals surface area contributed by atoms with E-state index >= 15 is 0 Å². The zero-order chi connectivity index (χ0) is 21.8. The van der Waals surface area contributed by atoms with E-state index < -0.39 is 12.1 Å². The lowest BCUT2D eigenvalue weighted by molar-refractivity contribution is 0.0511. The summed E-state index contributed by atoms with van der Waals surface area (Å²) in [7, 11) is 4.62. The van der Waals surface area contributed by atoms with Gasteiger partial charge in [0.2, 0.25) is 5.75 Å². The number of carbonyl (C=O) groups excluding carboxylic acids is 1. The number of H-pyrrole nitrogens is 1. The maximum Gasteiger partial charge on any atom is 0.355 e. The largest absolute Gasteiger partial charge is 0.493 e. The fraction of sp³-hybridized carbons (Fsp3) is 0.500. The highest BCUT2D eigenvalue weighted by molar-refractivity contribution is 5.94. The van der Waals surface area contributed by atoms with E-state index in [0.717, 1.165) is 18.5 Å². The highest BCUT2D eigenvalue weighted by Crippen LogP contribution is 2.51. The number of ether oxygens (including phenoxy) is 4. The molecule has 1 aliphatic carbocycles. The number of rotatable bonds is 10. The van der Waals surface area contributed by atoms with Gasteiger partial charge in [-0.2, -0.15) is 0 Å². The van der Waals surface area contributed by atoms with E-state index in [9.17, 15) is 9.90 Å². The van der Waals surface area contributed by atoms with Crippen molar-refractivity contribution >= 4 is 5.97 Å². The van der Waals surface area contributed by atoms with Crippen LogP contribution in [0.3, 0.4) is 0 Å². The second kappa shape index (κ2) is 9.40. The third-order valence-corrected chi connectivity index (χ3v) is 5.33. The molecule has 1 unspecified atom stereocenters. The van der Waals surface area contributed by atoms with Crippen molar-refractivity contribution in [1.29, 1.82) is 0 Å². The SMILES string of the molecule is CCOC(=O)c1[nH]c(CCN)c(-c2ccc(OC)c(OC)c2OC)c1C(O)C1CC1. The number of hydrogen-bond acceptors (Lipinski definition) is 7. The second-order valence-corrected chi connectivity index (χ2v) is 7.19. The number of carbonyl (C=O) groups is 1. The average Bonchev–Trinajstić information content (AvgIpc) is 3.53. The Kier molecular flexibility index (Phi) is 6.89. The Labute approximate surface area is 176 Å². The molecule has 1 heterocycles. The number of hydrogen-bond donors (Lipinski definition) is 3. The van der Waals surface area contributed by atoms with E-state index in [4.69, 9.17) is 24.7 Å². The van der Waals surface area contributed by atoms with Gasteiger partial charge in [0.1, 0.15) is 5.69 Å². The number of aromatic amines is 1. The Morgan fingerprint density at radius 3 is 2.43 bits per heavy atom. The van der Waals surface area contributed by atoms with E-state index in [1.165, 1.54) is 7.11 Å². The van der Waals surface area contributed by atoms with Crippen molar-refractivity contribution in [2.75, 3.05) is 34.5 Å². The van der Waals surface area contributed by atoms with Crippen LogP contribution in [0.1, 0.15) is 47.6 Å². The van der Waals surface area contributed by atoms with E-state index in [1.54, 1.807) is 27.2 Å². The van der Waals surface area contributed by atoms with Gasteiger partial charge < -0.3 is 34.8 Å². The van der Waals surface area contributed by atoms with Crippen LogP contribution in [0.15, 0.2) is 12.1 Å². The van der Waals surface area contributed by atoms with Crippen LogP contribution in [0.2, 0.25) is 0 Å². The summed E-state index contributed by atoms with van der Waals surface area (Å²) in [6.45, 7) is 2.35. The third-order valence-electron chi connectivity index (χ3n) is 5.33. The van der Waals surface area contributed by atoms with E-state index in [2.05, 4.69) is 4.98 Å². The van der Waals surface area contributed by atoms with Crippen LogP contribution in [0.4, 0.5) is 0 Å². The maximum absolute atomic E-state index is 12.7. The molecular weight excluding hydrogens is 388 g/mol. The molecule has 1 atom stereocenters. The van der Waals surface area contributed by atoms with Crippen LogP contribution in [-0.4, -0.2) is 50.5 Å². The molecule has 1 saturated carbocycles. The lowest BCUT2D eigenvalue weighted by Crippen LogP contribution is -2.12. The van der Waals surface area contributed by atoms with Crippen LogP contribution in [0.25, 0.3) is 11.1 Å². The molecule has 164 valence electrons. The summed E-state index contributed by atoms with van der Waals surface area (Å²) in [5.74, 6) is 1.00. The van der Waals surface area contributed by atoms with Gasteiger partial charge in [0, 0.05) is 28.8 Å². The monoisotopic (exact) mass is 418 g/mol. The molecule has 1 aliphatic rings. The first-order valence-corrected chi connectivity index (χ1v) is 10.1. The zero-order valence-corrected chi connectivity index (χ0v) is 17.9. The van der Waals surface area contributed by atoms with Crippen LogP contribution >= 0.6 is 0 Å². The Morgan fingerprint density at radius 2 is 1.90 bits per heavy atom. The molecule has 1 fully saturated rings. The number of nitrogens with one attached hydrogen (secondary N) is 1. The van der Waals surface area contributed by atoms with Crippen LogP contribution in [0, 0.1) is 5.92 Å². The molecule has 0 radical (unpaired) electrons. The standard InChI is InChI=1S/C22H30N2O6/c1-5-30-22(26)18-17(19(25)12-6-7-12)16(14(24-18)10-11-23)13-8-9-15(27-2)21(29-4)20(13)28-3/h8-9,12,19,24-25H,5-7,10-11,23H2,1-4H3. The van der Waals surface area contributed by atoms with Crippen LogP contribution in [-0.2, 0) is 11.2 Å². The van der Waals surface area contributed by atoms with Crippen molar-refractivity contribution < 1.29 is 28.8 Å². The van der Waals surface area contributed by atoms with Gasteiger partial charge in [-0.05, 0) is 44.4 Å². The molecule has 0 spiro atoms. The minimum Gasteiger partial charge on any atom is -0.493 e. The first kappa shape index (κ1) is 22.0. The fourth-order valence-electron chi connectivity index (χ4n) is 3.81. The van der Waals surface area contributed by atoms with Gasteiger partial charge in [-0.25, -0.2) is 4.79 Å². The maximum atomic E-state index is 12.7. The zero-order valence-electron chi connectivity index (χ0n) is 17.9. The smallest absolute Gasteiger partial charge is 0.355 e. The van der Waals surface area contributed by atoms with E-state index in [-0.39, 0.29) is 18.2 Å². The molecule has 8 nitrogen and oxygen atoms in total. The Hall–Kier alpha value is -2.71. The normalized spacial score (nSPS) is 14.3. The molecule has 4 N–H and O–H groups in total. The molecule has 30 heavy (non-hydrogen) atoms. The topological polar surface area (TPSA) is 116 Å². The molecule has 0 aliphatic heterocycles. The van der Waals surface area contributed by atoms with Gasteiger partial charge in [-0.1, -0.05) is 0 Å². The summed E-state index contributed by atoms with van der Waals surface area (Å²) in [6, 6.07) is 3.61. The van der Waals surface area contributed by atoms with Gasteiger partial charge in [0.15, 0.2) is 11.5 Å². The number of methoxy groups -OCH3 is 3.